The van der Waals surface area contributed by atoms with Crippen LogP contribution in [0.2, 0.25) is 0 Å². The van der Waals surface area contributed by atoms with Crippen molar-refractivity contribution in [3.63, 3.8) is 0 Å². The smallest absolute Gasteiger partial charge is 0.123 e. The fourth-order valence-corrected chi connectivity index (χ4v) is 5.04. The number of thiazole rings is 1. The van der Waals surface area contributed by atoms with E-state index in [4.69, 9.17) is 14.5 Å². The van der Waals surface area contributed by atoms with Gasteiger partial charge >= 0.3 is 0 Å². The van der Waals surface area contributed by atoms with Crippen molar-refractivity contribution in [1.29, 1.82) is 0 Å². The summed E-state index contributed by atoms with van der Waals surface area (Å²) in [5.74, 6) is 1.80. The fraction of sp³-hybridized carbons (Fsp3) is 0.609. The highest BCUT2D eigenvalue weighted by Crippen LogP contribution is 2.27. The summed E-state index contributed by atoms with van der Waals surface area (Å²) in [4.78, 5) is 10.0. The van der Waals surface area contributed by atoms with Gasteiger partial charge in [0.2, 0.25) is 0 Å². The molecule has 2 aromatic rings. The molecule has 158 valence electrons. The largest absolute Gasteiger partial charge is 0.494 e. The lowest BCUT2D eigenvalue weighted by Gasteiger charge is -2.33. The number of rotatable bonds is 8. The third-order valence-electron chi connectivity index (χ3n) is 6.01. The van der Waals surface area contributed by atoms with Crippen molar-refractivity contribution in [2.45, 2.75) is 32.7 Å². The van der Waals surface area contributed by atoms with E-state index in [1.165, 1.54) is 50.2 Å². The van der Waals surface area contributed by atoms with Gasteiger partial charge in [-0.25, -0.2) is 4.98 Å². The summed E-state index contributed by atoms with van der Waals surface area (Å²) in [6, 6.07) is 8.27. The van der Waals surface area contributed by atoms with E-state index in [2.05, 4.69) is 27.3 Å². The zero-order valence-corrected chi connectivity index (χ0v) is 18.3. The van der Waals surface area contributed by atoms with Gasteiger partial charge in [0.15, 0.2) is 0 Å². The molecule has 2 fully saturated rings. The van der Waals surface area contributed by atoms with Gasteiger partial charge in [-0.2, -0.15) is 0 Å². The van der Waals surface area contributed by atoms with Crippen LogP contribution < -0.4 is 4.74 Å². The molecule has 0 spiro atoms. The molecule has 0 amide bonds. The molecule has 5 nitrogen and oxygen atoms in total. The van der Waals surface area contributed by atoms with Gasteiger partial charge in [0.1, 0.15) is 10.8 Å². The second kappa shape index (κ2) is 10.5. The predicted molar refractivity (Wildman–Crippen MR) is 119 cm³/mol. The minimum Gasteiger partial charge on any atom is -0.494 e. The Kier molecular flexibility index (Phi) is 7.55. The van der Waals surface area contributed by atoms with Crippen molar-refractivity contribution in [2.24, 2.45) is 5.92 Å². The zero-order valence-electron chi connectivity index (χ0n) is 17.5. The maximum atomic E-state index is 5.53. The Labute approximate surface area is 178 Å². The first-order valence-electron chi connectivity index (χ1n) is 11.0. The van der Waals surface area contributed by atoms with Crippen LogP contribution in [-0.4, -0.2) is 67.3 Å². The van der Waals surface area contributed by atoms with Gasteiger partial charge in [0.05, 0.1) is 25.5 Å². The highest BCUT2D eigenvalue weighted by Gasteiger charge is 2.21. The summed E-state index contributed by atoms with van der Waals surface area (Å²) in [5, 5.41) is 3.32. The quantitative estimate of drug-likeness (QED) is 0.648. The Hall–Kier alpha value is -1.47. The Morgan fingerprint density at radius 1 is 1.07 bits per heavy atom. The topological polar surface area (TPSA) is 37.8 Å². The van der Waals surface area contributed by atoms with E-state index in [0.29, 0.717) is 6.61 Å². The van der Waals surface area contributed by atoms with E-state index >= 15 is 0 Å². The molecule has 0 aliphatic carbocycles. The Bertz CT molecular complexity index is 735. The normalized spacial score (nSPS) is 19.5. The van der Waals surface area contributed by atoms with Crippen molar-refractivity contribution in [2.75, 3.05) is 52.5 Å². The van der Waals surface area contributed by atoms with Gasteiger partial charge in [-0.15, -0.1) is 11.3 Å². The number of nitrogens with zero attached hydrogens (tertiary/aromatic N) is 3. The predicted octanol–water partition coefficient (Wildman–Crippen LogP) is 4.14. The van der Waals surface area contributed by atoms with Crippen LogP contribution in [0, 0.1) is 5.92 Å². The van der Waals surface area contributed by atoms with E-state index in [9.17, 15) is 0 Å². The second-order valence-corrected chi connectivity index (χ2v) is 8.92. The molecule has 0 N–H and O–H groups in total. The minimum absolute atomic E-state index is 0.699. The van der Waals surface area contributed by atoms with Crippen LogP contribution in [-0.2, 0) is 11.3 Å². The molecule has 0 unspecified atom stereocenters. The highest BCUT2D eigenvalue weighted by molar-refractivity contribution is 7.13. The number of likely N-dealkylation sites (tertiary alicyclic amines) is 1. The number of piperidine rings is 1. The van der Waals surface area contributed by atoms with Crippen LogP contribution in [0.15, 0.2) is 29.6 Å². The van der Waals surface area contributed by atoms with Crippen molar-refractivity contribution in [3.05, 3.63) is 35.3 Å². The molecule has 3 heterocycles. The van der Waals surface area contributed by atoms with Gasteiger partial charge < -0.3 is 9.47 Å². The lowest BCUT2D eigenvalue weighted by atomic mass is 9.93. The monoisotopic (exact) mass is 415 g/mol. The second-order valence-electron chi connectivity index (χ2n) is 8.06. The molecule has 6 heteroatoms. The molecule has 0 atom stereocenters. The SMILES string of the molecule is CCOc1ccc(-c2nc(CN3CCC(CCN4CCOCC4)CC3)cs2)cc1. The lowest BCUT2D eigenvalue weighted by Crippen LogP contribution is -2.39. The average molecular weight is 416 g/mol. The maximum Gasteiger partial charge on any atom is 0.123 e. The summed E-state index contributed by atoms with van der Waals surface area (Å²) in [6.45, 7) is 11.4. The van der Waals surface area contributed by atoms with Gasteiger partial charge in [0.25, 0.3) is 0 Å². The van der Waals surface area contributed by atoms with Gasteiger partial charge in [0, 0.05) is 30.6 Å². The van der Waals surface area contributed by atoms with Crippen LogP contribution in [0.3, 0.4) is 0 Å². The number of benzene rings is 1. The lowest BCUT2D eigenvalue weighted by molar-refractivity contribution is 0.0334. The summed E-state index contributed by atoms with van der Waals surface area (Å²) >= 11 is 1.74. The van der Waals surface area contributed by atoms with Crippen LogP contribution >= 0.6 is 11.3 Å². The number of ether oxygens (including phenoxy) is 2. The first-order valence-corrected chi connectivity index (χ1v) is 11.9. The molecule has 2 saturated heterocycles. The number of morpholine rings is 1. The molecule has 2 aliphatic rings. The molecule has 2 aliphatic heterocycles. The molecular formula is C23H33N3O2S. The Morgan fingerprint density at radius 2 is 1.83 bits per heavy atom. The Balaban J connectivity index is 1.21. The summed E-state index contributed by atoms with van der Waals surface area (Å²) in [6.07, 6.45) is 3.98. The molecule has 0 bridgehead atoms. The standard InChI is InChI=1S/C23H33N3O2S/c1-2-28-22-5-3-20(4-6-22)23-24-21(18-29-23)17-26-11-8-19(9-12-26)7-10-25-13-15-27-16-14-25/h3-6,18-19H,2,7-17H2,1H3. The Morgan fingerprint density at radius 3 is 2.55 bits per heavy atom. The molecule has 29 heavy (non-hydrogen) atoms. The van der Waals surface area contributed by atoms with Crippen molar-refractivity contribution in [1.82, 2.24) is 14.8 Å². The van der Waals surface area contributed by atoms with Crippen LogP contribution in [0.4, 0.5) is 0 Å². The number of hydrogen-bond donors (Lipinski definition) is 0. The molecule has 0 radical (unpaired) electrons. The van der Waals surface area contributed by atoms with E-state index in [-0.39, 0.29) is 0 Å². The third kappa shape index (κ3) is 6.01. The maximum absolute atomic E-state index is 5.53. The molecule has 0 saturated carbocycles. The zero-order chi connectivity index (χ0) is 19.9. The van der Waals surface area contributed by atoms with Crippen molar-refractivity contribution < 1.29 is 9.47 Å². The van der Waals surface area contributed by atoms with Crippen LogP contribution in [0.5, 0.6) is 5.75 Å². The van der Waals surface area contributed by atoms with Crippen molar-refractivity contribution in [3.8, 4) is 16.3 Å². The van der Waals surface area contributed by atoms with Crippen LogP contribution in [0.1, 0.15) is 31.9 Å². The van der Waals surface area contributed by atoms with Gasteiger partial charge in [-0.05, 0) is 76.0 Å². The van der Waals surface area contributed by atoms with Gasteiger partial charge in [-0.1, -0.05) is 0 Å². The van der Waals surface area contributed by atoms with E-state index < -0.39 is 0 Å². The van der Waals surface area contributed by atoms with E-state index in [1.54, 1.807) is 11.3 Å². The van der Waals surface area contributed by atoms with E-state index in [0.717, 1.165) is 49.5 Å². The first kappa shape index (κ1) is 20.8. The molecular weight excluding hydrogens is 382 g/mol. The van der Waals surface area contributed by atoms with E-state index in [1.807, 2.05) is 19.1 Å². The fourth-order valence-electron chi connectivity index (χ4n) is 4.22. The van der Waals surface area contributed by atoms with Crippen molar-refractivity contribution >= 4 is 11.3 Å². The number of hydrogen-bond acceptors (Lipinski definition) is 6. The first-order chi connectivity index (χ1) is 14.3. The summed E-state index contributed by atoms with van der Waals surface area (Å²) < 4.78 is 11.0. The van der Waals surface area contributed by atoms with Crippen LogP contribution in [0.25, 0.3) is 10.6 Å². The molecule has 1 aromatic carbocycles. The summed E-state index contributed by atoms with van der Waals surface area (Å²) in [5.41, 5.74) is 2.37. The van der Waals surface area contributed by atoms with Gasteiger partial charge in [-0.3, -0.25) is 9.80 Å². The average Bonchev–Trinajstić information content (AvgIpc) is 3.23. The summed E-state index contributed by atoms with van der Waals surface area (Å²) in [7, 11) is 0. The molecule has 4 rings (SSSR count). The third-order valence-corrected chi connectivity index (χ3v) is 6.95. The number of aromatic nitrogens is 1. The minimum atomic E-state index is 0.699. The molecule has 1 aromatic heterocycles. The highest BCUT2D eigenvalue weighted by atomic mass is 32.1.